The van der Waals surface area contributed by atoms with E-state index < -0.39 is 18.3 Å². The SMILES string of the molecule is CCOC(=O)CNC(=O)NCc1cccc(-c2cccc([C@@H]3O[C@H](CSc4ncccn4)C[C@H](c4ccc(CO)cc4)O3)c2)c1. The number of nitrogens with one attached hydrogen (secondary N) is 2. The first-order valence-electron chi connectivity index (χ1n) is 14.8. The van der Waals surface area contributed by atoms with Gasteiger partial charge in [0.15, 0.2) is 11.4 Å². The maximum absolute atomic E-state index is 12.1. The quantitative estimate of drug-likeness (QED) is 0.108. The summed E-state index contributed by atoms with van der Waals surface area (Å²) in [5, 5.41) is 15.5. The lowest BCUT2D eigenvalue weighted by Gasteiger charge is -2.36. The molecule has 4 aromatic rings. The molecular formula is C34H36N4O6S. The van der Waals surface area contributed by atoms with Crippen molar-refractivity contribution < 1.29 is 28.9 Å². The molecule has 1 fully saturated rings. The molecule has 3 aromatic carbocycles. The summed E-state index contributed by atoms with van der Waals surface area (Å²) < 4.78 is 17.9. The highest BCUT2D eigenvalue weighted by Gasteiger charge is 2.32. The second-order valence-corrected chi connectivity index (χ2v) is 11.3. The summed E-state index contributed by atoms with van der Waals surface area (Å²) in [5.41, 5.74) is 5.61. The molecular weight excluding hydrogens is 592 g/mol. The number of carbonyl (C=O) groups excluding carboxylic acids is 2. The Kier molecular flexibility index (Phi) is 11.5. The van der Waals surface area contributed by atoms with Crippen molar-refractivity contribution in [3.8, 4) is 11.1 Å². The summed E-state index contributed by atoms with van der Waals surface area (Å²) in [6, 6.07) is 25.1. The minimum Gasteiger partial charge on any atom is -0.465 e. The molecule has 0 bridgehead atoms. The lowest BCUT2D eigenvalue weighted by molar-refractivity contribution is -0.245. The van der Waals surface area contributed by atoms with Crippen LogP contribution >= 0.6 is 11.8 Å². The second-order valence-electron chi connectivity index (χ2n) is 10.4. The molecule has 0 unspecified atom stereocenters. The van der Waals surface area contributed by atoms with Gasteiger partial charge in [-0.25, -0.2) is 14.8 Å². The van der Waals surface area contributed by atoms with E-state index in [2.05, 4.69) is 26.7 Å². The van der Waals surface area contributed by atoms with Gasteiger partial charge < -0.3 is 30.0 Å². The van der Waals surface area contributed by atoms with E-state index in [9.17, 15) is 14.7 Å². The molecule has 3 atom stereocenters. The zero-order valence-electron chi connectivity index (χ0n) is 24.9. The molecule has 0 radical (unpaired) electrons. The molecule has 0 spiro atoms. The van der Waals surface area contributed by atoms with Crippen molar-refractivity contribution >= 4 is 23.8 Å². The predicted octanol–water partition coefficient (Wildman–Crippen LogP) is 5.34. The van der Waals surface area contributed by atoms with Gasteiger partial charge in [0.05, 0.1) is 25.4 Å². The van der Waals surface area contributed by atoms with Crippen LogP contribution in [0.1, 0.15) is 48.0 Å². The Morgan fingerprint density at radius 2 is 1.67 bits per heavy atom. The number of hydrogen-bond acceptors (Lipinski definition) is 9. The van der Waals surface area contributed by atoms with Crippen LogP contribution in [0.25, 0.3) is 11.1 Å². The summed E-state index contributed by atoms with van der Waals surface area (Å²) in [5.74, 6) is 0.179. The molecule has 234 valence electrons. The average Bonchev–Trinajstić information content (AvgIpc) is 3.09. The first-order chi connectivity index (χ1) is 22.0. The van der Waals surface area contributed by atoms with Crippen LogP contribution < -0.4 is 10.6 Å². The van der Waals surface area contributed by atoms with E-state index >= 15 is 0 Å². The van der Waals surface area contributed by atoms with Crippen LogP contribution in [0.4, 0.5) is 4.79 Å². The van der Waals surface area contributed by atoms with Crippen molar-refractivity contribution in [2.75, 3.05) is 18.9 Å². The number of rotatable bonds is 12. The molecule has 1 aromatic heterocycles. The fourth-order valence-corrected chi connectivity index (χ4v) is 5.71. The van der Waals surface area contributed by atoms with E-state index in [0.717, 1.165) is 33.4 Å². The van der Waals surface area contributed by atoms with E-state index in [0.29, 0.717) is 17.3 Å². The third-order valence-electron chi connectivity index (χ3n) is 7.13. The zero-order chi connectivity index (χ0) is 31.4. The van der Waals surface area contributed by atoms with E-state index in [1.54, 1.807) is 37.1 Å². The maximum Gasteiger partial charge on any atom is 0.325 e. The Morgan fingerprint density at radius 1 is 0.911 bits per heavy atom. The van der Waals surface area contributed by atoms with E-state index in [1.807, 2.05) is 66.7 Å². The Morgan fingerprint density at radius 3 is 2.42 bits per heavy atom. The molecule has 5 rings (SSSR count). The molecule has 1 saturated heterocycles. The van der Waals surface area contributed by atoms with Gasteiger partial charge in [-0.15, -0.1) is 0 Å². The summed E-state index contributed by atoms with van der Waals surface area (Å²) >= 11 is 1.55. The molecule has 2 heterocycles. The van der Waals surface area contributed by atoms with Crippen LogP contribution in [-0.2, 0) is 32.2 Å². The van der Waals surface area contributed by atoms with Crippen molar-refractivity contribution in [2.24, 2.45) is 0 Å². The topological polar surface area (TPSA) is 132 Å². The molecule has 0 saturated carbocycles. The number of ether oxygens (including phenoxy) is 3. The molecule has 1 aliphatic heterocycles. The first kappa shape index (κ1) is 32.1. The number of hydrogen-bond donors (Lipinski definition) is 3. The average molecular weight is 629 g/mol. The minimum atomic E-state index is -0.601. The standard InChI is InChI=1S/C34H36N4O6S/c1-2-42-31(40)20-38-33(41)37-19-24-6-3-7-26(16-24)27-8-4-9-28(17-27)32-43-29(22-45-34-35-14-5-15-36-34)18-30(44-32)25-12-10-23(21-39)11-13-25/h3-17,29-30,32,39H,2,18-22H2,1H3,(H2,37,38,41)/t29-,30+,32+/m0/s1. The van der Waals surface area contributed by atoms with Gasteiger partial charge in [-0.3, -0.25) is 4.79 Å². The molecule has 10 nitrogen and oxygen atoms in total. The summed E-state index contributed by atoms with van der Waals surface area (Å²) in [4.78, 5) is 32.3. The number of nitrogens with zero attached hydrogens (tertiary/aromatic N) is 2. The van der Waals surface area contributed by atoms with Gasteiger partial charge in [-0.05, 0) is 52.9 Å². The van der Waals surface area contributed by atoms with Gasteiger partial charge in [-0.1, -0.05) is 72.4 Å². The van der Waals surface area contributed by atoms with E-state index in [1.165, 1.54) is 0 Å². The normalized spacial score (nSPS) is 17.8. The van der Waals surface area contributed by atoms with E-state index in [-0.39, 0.29) is 38.5 Å². The number of aromatic nitrogens is 2. The van der Waals surface area contributed by atoms with Gasteiger partial charge in [0.2, 0.25) is 0 Å². The third-order valence-corrected chi connectivity index (χ3v) is 8.13. The monoisotopic (exact) mass is 628 g/mol. The lowest BCUT2D eigenvalue weighted by atomic mass is 9.99. The van der Waals surface area contributed by atoms with Crippen LogP contribution in [0, 0.1) is 0 Å². The van der Waals surface area contributed by atoms with Crippen molar-refractivity contribution in [3.63, 3.8) is 0 Å². The Balaban J connectivity index is 1.29. The molecule has 2 amide bonds. The van der Waals surface area contributed by atoms with Crippen molar-refractivity contribution in [2.45, 2.75) is 50.2 Å². The van der Waals surface area contributed by atoms with Crippen LogP contribution in [0.3, 0.4) is 0 Å². The summed E-state index contributed by atoms with van der Waals surface area (Å²) in [7, 11) is 0. The predicted molar refractivity (Wildman–Crippen MR) is 170 cm³/mol. The van der Waals surface area contributed by atoms with Crippen molar-refractivity contribution in [1.29, 1.82) is 0 Å². The highest BCUT2D eigenvalue weighted by molar-refractivity contribution is 7.99. The lowest BCUT2D eigenvalue weighted by Crippen LogP contribution is -2.38. The zero-order valence-corrected chi connectivity index (χ0v) is 25.7. The van der Waals surface area contributed by atoms with Gasteiger partial charge in [0.1, 0.15) is 6.54 Å². The summed E-state index contributed by atoms with van der Waals surface area (Å²) in [6.45, 7) is 2.06. The number of carbonyl (C=O) groups is 2. The minimum absolute atomic E-state index is 0.0133. The van der Waals surface area contributed by atoms with Gasteiger partial charge >= 0.3 is 12.0 Å². The number of esters is 1. The Labute approximate surface area is 266 Å². The second kappa shape index (κ2) is 16.1. The van der Waals surface area contributed by atoms with Crippen LogP contribution in [0.2, 0.25) is 0 Å². The Hall–Kier alpha value is -4.29. The highest BCUT2D eigenvalue weighted by atomic mass is 32.2. The van der Waals surface area contributed by atoms with Crippen LogP contribution in [0.5, 0.6) is 0 Å². The van der Waals surface area contributed by atoms with Crippen LogP contribution in [0.15, 0.2) is 96.4 Å². The number of aliphatic hydroxyl groups excluding tert-OH is 1. The van der Waals surface area contributed by atoms with Crippen molar-refractivity contribution in [1.82, 2.24) is 20.6 Å². The number of thioether (sulfide) groups is 1. The highest BCUT2D eigenvalue weighted by Crippen LogP contribution is 2.40. The maximum atomic E-state index is 12.1. The Bertz CT molecular complexity index is 1560. The van der Waals surface area contributed by atoms with Crippen molar-refractivity contribution in [3.05, 3.63) is 114 Å². The van der Waals surface area contributed by atoms with Gasteiger partial charge in [0.25, 0.3) is 0 Å². The number of urea groups is 1. The number of benzene rings is 3. The molecule has 0 aliphatic carbocycles. The smallest absolute Gasteiger partial charge is 0.325 e. The van der Waals surface area contributed by atoms with Gasteiger partial charge in [0, 0.05) is 36.7 Å². The molecule has 1 aliphatic rings. The molecule has 11 heteroatoms. The van der Waals surface area contributed by atoms with Gasteiger partial charge in [-0.2, -0.15) is 0 Å². The largest absolute Gasteiger partial charge is 0.465 e. The molecule has 3 N–H and O–H groups in total. The van der Waals surface area contributed by atoms with E-state index in [4.69, 9.17) is 14.2 Å². The number of aliphatic hydroxyl groups is 1. The molecule has 45 heavy (non-hydrogen) atoms. The van der Waals surface area contributed by atoms with Crippen LogP contribution in [-0.4, -0.2) is 52.1 Å². The fraction of sp³-hybridized carbons (Fsp3) is 0.294. The summed E-state index contributed by atoms with van der Waals surface area (Å²) in [6.07, 6.45) is 3.20. The fourth-order valence-electron chi connectivity index (χ4n) is 4.89. The first-order valence-corrected chi connectivity index (χ1v) is 15.8. The number of amides is 2. The third kappa shape index (κ3) is 9.35.